The zero-order chi connectivity index (χ0) is 13.3. The molecule has 100 valence electrons. The lowest BCUT2D eigenvalue weighted by Gasteiger charge is -2.21. The average Bonchev–Trinajstić information content (AvgIpc) is 3.05. The van der Waals surface area contributed by atoms with Crippen LogP contribution < -0.4 is 0 Å². The topological polar surface area (TPSA) is 21.8 Å². The second-order valence-corrected chi connectivity index (χ2v) is 4.74. The number of ether oxygens (including phenoxy) is 2. The van der Waals surface area contributed by atoms with Gasteiger partial charge in [-0.05, 0) is 33.6 Å². The Labute approximate surface area is 109 Å². The average molecular weight is 329 g/mol. The fourth-order valence-electron chi connectivity index (χ4n) is 1.42. The number of hydrogen-bond donors (Lipinski definition) is 0. The van der Waals surface area contributed by atoms with Gasteiger partial charge in [-0.3, -0.25) is 0 Å². The molecule has 0 amide bonds. The van der Waals surface area contributed by atoms with Crippen molar-refractivity contribution in [1.29, 1.82) is 0 Å². The van der Waals surface area contributed by atoms with Crippen molar-refractivity contribution in [3.63, 3.8) is 0 Å². The van der Waals surface area contributed by atoms with E-state index >= 15 is 0 Å². The molecule has 0 bridgehead atoms. The highest BCUT2D eigenvalue weighted by Crippen LogP contribution is 2.37. The molecule has 1 saturated heterocycles. The first kappa shape index (κ1) is 13.8. The van der Waals surface area contributed by atoms with Crippen LogP contribution in [0.3, 0.4) is 0 Å². The smallest absolute Gasteiger partial charge is 0.371 e. The van der Waals surface area contributed by atoms with Gasteiger partial charge < -0.3 is 9.47 Å². The number of benzene rings is 1. The molecule has 1 aromatic carbocycles. The molecule has 0 unspecified atom stereocenters. The Morgan fingerprint density at radius 1 is 1.44 bits per heavy atom. The van der Waals surface area contributed by atoms with Crippen molar-refractivity contribution in [2.45, 2.75) is 18.4 Å². The van der Waals surface area contributed by atoms with E-state index in [1.807, 2.05) is 0 Å². The molecule has 1 aromatic rings. The summed E-state index contributed by atoms with van der Waals surface area (Å²) in [6, 6.07) is 3.10. The molecule has 0 spiro atoms. The zero-order valence-electron chi connectivity index (χ0n) is 9.01. The summed E-state index contributed by atoms with van der Waals surface area (Å²) in [6.07, 6.45) is -6.89. The summed E-state index contributed by atoms with van der Waals surface area (Å²) in [7, 11) is 0. The molecule has 2 rings (SSSR count). The van der Waals surface area contributed by atoms with E-state index in [0.29, 0.717) is 6.61 Å². The van der Waals surface area contributed by atoms with Gasteiger partial charge in [0.2, 0.25) is 0 Å². The van der Waals surface area contributed by atoms with E-state index < -0.39 is 18.1 Å². The second kappa shape index (κ2) is 5.14. The Morgan fingerprint density at radius 2 is 2.11 bits per heavy atom. The van der Waals surface area contributed by atoms with E-state index in [0.717, 1.165) is 18.2 Å². The SMILES string of the molecule is Fc1ccc([C@H](OC[C@@H]2CO2)C(F)(F)F)cc1Br. The molecule has 0 aromatic heterocycles. The highest BCUT2D eigenvalue weighted by Gasteiger charge is 2.43. The molecule has 0 aliphatic carbocycles. The summed E-state index contributed by atoms with van der Waals surface area (Å²) >= 11 is 2.85. The van der Waals surface area contributed by atoms with Crippen LogP contribution >= 0.6 is 15.9 Å². The molecular weight excluding hydrogens is 320 g/mol. The highest BCUT2D eigenvalue weighted by molar-refractivity contribution is 9.10. The van der Waals surface area contributed by atoms with E-state index in [9.17, 15) is 17.6 Å². The predicted molar refractivity (Wildman–Crippen MR) is 58.6 cm³/mol. The maximum absolute atomic E-state index is 13.0. The van der Waals surface area contributed by atoms with E-state index in [1.54, 1.807) is 0 Å². The molecule has 18 heavy (non-hydrogen) atoms. The molecule has 2 atom stereocenters. The van der Waals surface area contributed by atoms with Crippen molar-refractivity contribution in [2.75, 3.05) is 13.2 Å². The summed E-state index contributed by atoms with van der Waals surface area (Å²) in [6.45, 7) is 0.289. The summed E-state index contributed by atoms with van der Waals surface area (Å²) in [5.41, 5.74) is -0.142. The van der Waals surface area contributed by atoms with E-state index in [-0.39, 0.29) is 22.7 Å². The number of halogens is 5. The van der Waals surface area contributed by atoms with E-state index in [4.69, 9.17) is 9.47 Å². The predicted octanol–water partition coefficient (Wildman–Crippen LogP) is 3.61. The van der Waals surface area contributed by atoms with Crippen LogP contribution in [0.15, 0.2) is 22.7 Å². The van der Waals surface area contributed by atoms with Crippen molar-refractivity contribution in [2.24, 2.45) is 0 Å². The van der Waals surface area contributed by atoms with Crippen molar-refractivity contribution >= 4 is 15.9 Å². The number of epoxide rings is 1. The van der Waals surface area contributed by atoms with Crippen LogP contribution in [0.2, 0.25) is 0 Å². The highest BCUT2D eigenvalue weighted by atomic mass is 79.9. The molecule has 1 aliphatic heterocycles. The van der Waals surface area contributed by atoms with Crippen molar-refractivity contribution in [3.05, 3.63) is 34.1 Å². The Kier molecular flexibility index (Phi) is 3.93. The molecule has 2 nitrogen and oxygen atoms in total. The summed E-state index contributed by atoms with van der Waals surface area (Å²) < 4.78 is 61.1. The maximum Gasteiger partial charge on any atom is 0.418 e. The minimum atomic E-state index is -4.55. The van der Waals surface area contributed by atoms with Crippen LogP contribution in [-0.2, 0) is 9.47 Å². The molecular formula is C11H9BrF4O2. The summed E-state index contributed by atoms with van der Waals surface area (Å²) in [5, 5.41) is 0. The molecule has 1 fully saturated rings. The van der Waals surface area contributed by atoms with Crippen molar-refractivity contribution < 1.29 is 27.0 Å². The molecule has 1 heterocycles. The van der Waals surface area contributed by atoms with Gasteiger partial charge in [0.1, 0.15) is 11.9 Å². The Hall–Kier alpha value is -0.660. The fourth-order valence-corrected chi connectivity index (χ4v) is 1.82. The fraction of sp³-hybridized carbons (Fsp3) is 0.455. The van der Waals surface area contributed by atoms with E-state index in [1.165, 1.54) is 0 Å². The third-order valence-corrected chi connectivity index (χ3v) is 3.00. The van der Waals surface area contributed by atoms with Crippen LogP contribution in [-0.4, -0.2) is 25.5 Å². The standard InChI is InChI=1S/C11H9BrF4O2/c12-8-3-6(1-2-9(8)13)10(11(14,15)16)18-5-7-4-17-7/h1-3,7,10H,4-5H2/t7-,10-/m0/s1. The van der Waals surface area contributed by atoms with Gasteiger partial charge >= 0.3 is 6.18 Å². The summed E-state index contributed by atoms with van der Waals surface area (Å²) in [4.78, 5) is 0. The monoisotopic (exact) mass is 328 g/mol. The van der Waals surface area contributed by atoms with Gasteiger partial charge in [0.15, 0.2) is 6.10 Å². The van der Waals surface area contributed by atoms with Gasteiger partial charge in [-0.1, -0.05) is 6.07 Å². The molecule has 0 N–H and O–H groups in total. The largest absolute Gasteiger partial charge is 0.418 e. The number of rotatable bonds is 4. The minimum absolute atomic E-state index is 0.0273. The molecule has 1 aliphatic rings. The van der Waals surface area contributed by atoms with Gasteiger partial charge in [0, 0.05) is 0 Å². The van der Waals surface area contributed by atoms with Gasteiger partial charge in [0.25, 0.3) is 0 Å². The number of hydrogen-bond acceptors (Lipinski definition) is 2. The Bertz CT molecular complexity index is 432. The second-order valence-electron chi connectivity index (χ2n) is 3.88. The Morgan fingerprint density at radius 3 is 2.61 bits per heavy atom. The van der Waals surface area contributed by atoms with Gasteiger partial charge in [-0.25, -0.2) is 4.39 Å². The quantitative estimate of drug-likeness (QED) is 0.622. The molecule has 0 saturated carbocycles. The van der Waals surface area contributed by atoms with Gasteiger partial charge in [0.05, 0.1) is 17.7 Å². The van der Waals surface area contributed by atoms with Crippen LogP contribution in [0.5, 0.6) is 0 Å². The van der Waals surface area contributed by atoms with Crippen LogP contribution in [0, 0.1) is 5.82 Å². The van der Waals surface area contributed by atoms with Crippen molar-refractivity contribution in [3.8, 4) is 0 Å². The molecule has 0 radical (unpaired) electrons. The van der Waals surface area contributed by atoms with Crippen LogP contribution in [0.1, 0.15) is 11.7 Å². The summed E-state index contributed by atoms with van der Waals surface area (Å²) in [5.74, 6) is -0.620. The third-order valence-electron chi connectivity index (χ3n) is 2.39. The van der Waals surface area contributed by atoms with Gasteiger partial charge in [-0.2, -0.15) is 13.2 Å². The molecule has 7 heteroatoms. The third kappa shape index (κ3) is 3.43. The van der Waals surface area contributed by atoms with E-state index in [2.05, 4.69) is 15.9 Å². The lowest BCUT2D eigenvalue weighted by molar-refractivity contribution is -0.224. The normalized spacial score (nSPS) is 20.8. The lowest BCUT2D eigenvalue weighted by Crippen LogP contribution is -2.25. The minimum Gasteiger partial charge on any atom is -0.371 e. The maximum atomic E-state index is 13.0. The van der Waals surface area contributed by atoms with Crippen LogP contribution in [0.25, 0.3) is 0 Å². The zero-order valence-corrected chi connectivity index (χ0v) is 10.6. The Balaban J connectivity index is 2.17. The number of alkyl halides is 3. The van der Waals surface area contributed by atoms with Crippen LogP contribution in [0.4, 0.5) is 17.6 Å². The van der Waals surface area contributed by atoms with Gasteiger partial charge in [-0.15, -0.1) is 0 Å². The lowest BCUT2D eigenvalue weighted by atomic mass is 10.1. The first-order valence-corrected chi connectivity index (χ1v) is 5.92. The van der Waals surface area contributed by atoms with Crippen molar-refractivity contribution in [1.82, 2.24) is 0 Å². The first-order valence-electron chi connectivity index (χ1n) is 5.13. The first-order chi connectivity index (χ1) is 8.38.